The van der Waals surface area contributed by atoms with Crippen LogP contribution in [0, 0.1) is 0 Å². The van der Waals surface area contributed by atoms with Crippen LogP contribution in [0.4, 0.5) is 0 Å². The first kappa shape index (κ1) is 8.66. The first-order chi connectivity index (χ1) is 5.77. The lowest BCUT2D eigenvalue weighted by atomic mass is 10.6. The Hall–Kier alpha value is -1.43. The summed E-state index contributed by atoms with van der Waals surface area (Å²) in [5, 5.41) is 15.5. The van der Waals surface area contributed by atoms with Crippen molar-refractivity contribution in [3.05, 3.63) is 11.6 Å². The Morgan fingerprint density at radius 2 is 2.42 bits per heavy atom. The van der Waals surface area contributed by atoms with Crippen LogP contribution in [0.15, 0.2) is 0 Å². The minimum absolute atomic E-state index is 0.0147. The number of rotatable bonds is 3. The van der Waals surface area contributed by atoms with Crippen molar-refractivity contribution in [1.29, 1.82) is 0 Å². The zero-order chi connectivity index (χ0) is 8.97. The van der Waals surface area contributed by atoms with Crippen LogP contribution in [-0.4, -0.2) is 32.9 Å². The molecule has 6 heteroatoms. The van der Waals surface area contributed by atoms with Gasteiger partial charge in [-0.3, -0.25) is 0 Å². The molecule has 0 radical (unpaired) electrons. The Morgan fingerprint density at radius 1 is 1.67 bits per heavy atom. The molecule has 0 aromatic carbocycles. The first-order valence-corrected chi connectivity index (χ1v) is 3.47. The molecule has 1 aromatic rings. The van der Waals surface area contributed by atoms with Crippen LogP contribution in [0.3, 0.4) is 0 Å². The highest BCUT2D eigenvalue weighted by Gasteiger charge is 2.11. The van der Waals surface area contributed by atoms with Crippen molar-refractivity contribution >= 4 is 5.97 Å². The van der Waals surface area contributed by atoms with E-state index in [0.717, 1.165) is 0 Å². The number of esters is 1. The molecule has 1 aromatic heterocycles. The van der Waals surface area contributed by atoms with E-state index in [-0.39, 0.29) is 24.9 Å². The van der Waals surface area contributed by atoms with E-state index in [9.17, 15) is 4.79 Å². The second-order valence-electron chi connectivity index (χ2n) is 2.00. The highest BCUT2D eigenvalue weighted by Crippen LogP contribution is 1.94. The number of carbonyl (C=O) groups excluding carboxylic acids is 1. The van der Waals surface area contributed by atoms with Crippen LogP contribution in [0.5, 0.6) is 0 Å². The van der Waals surface area contributed by atoms with Crippen LogP contribution in [-0.2, 0) is 11.3 Å². The van der Waals surface area contributed by atoms with E-state index < -0.39 is 5.97 Å². The van der Waals surface area contributed by atoms with Gasteiger partial charge in [-0.1, -0.05) is 0 Å². The second kappa shape index (κ2) is 3.82. The molecular weight excluding hydrogens is 162 g/mol. The number of aromatic amines is 1. The molecule has 2 N–H and O–H groups in total. The van der Waals surface area contributed by atoms with Gasteiger partial charge in [-0.25, -0.2) is 4.79 Å². The van der Waals surface area contributed by atoms with Crippen molar-refractivity contribution < 1.29 is 14.6 Å². The topological polar surface area (TPSA) is 88.1 Å². The Bertz CT molecular complexity index is 271. The van der Waals surface area contributed by atoms with Crippen LogP contribution in [0.1, 0.15) is 23.4 Å². The van der Waals surface area contributed by atoms with Gasteiger partial charge >= 0.3 is 5.97 Å². The van der Waals surface area contributed by atoms with Gasteiger partial charge in [0.05, 0.1) is 6.61 Å². The highest BCUT2D eigenvalue weighted by atomic mass is 16.5. The fraction of sp³-hybridized carbons (Fsp3) is 0.500. The fourth-order valence-electron chi connectivity index (χ4n) is 0.659. The summed E-state index contributed by atoms with van der Waals surface area (Å²) in [5.41, 5.74) is 0. The summed E-state index contributed by atoms with van der Waals surface area (Å²) in [6, 6.07) is 0. The van der Waals surface area contributed by atoms with Gasteiger partial charge in [0.2, 0.25) is 5.82 Å². The minimum atomic E-state index is -0.565. The summed E-state index contributed by atoms with van der Waals surface area (Å²) in [4.78, 5) is 13.4. The SMILES string of the molecule is CCOC(=O)c1nnc(CO)[nH]1. The molecule has 12 heavy (non-hydrogen) atoms. The predicted molar refractivity (Wildman–Crippen MR) is 38.3 cm³/mol. The van der Waals surface area contributed by atoms with E-state index in [4.69, 9.17) is 5.11 Å². The van der Waals surface area contributed by atoms with Crippen LogP contribution < -0.4 is 0 Å². The molecular formula is C6H9N3O3. The standard InChI is InChI=1S/C6H9N3O3/c1-2-12-6(11)5-7-4(3-10)8-9-5/h10H,2-3H2,1H3,(H,7,8,9). The maximum atomic E-state index is 10.9. The van der Waals surface area contributed by atoms with E-state index >= 15 is 0 Å². The third-order valence-electron chi connectivity index (χ3n) is 1.15. The molecule has 0 spiro atoms. The molecule has 0 aliphatic rings. The molecule has 1 rings (SSSR count). The summed E-state index contributed by atoms with van der Waals surface area (Å²) >= 11 is 0. The second-order valence-corrected chi connectivity index (χ2v) is 2.00. The Balaban J connectivity index is 2.68. The monoisotopic (exact) mass is 171 g/mol. The Kier molecular flexibility index (Phi) is 2.76. The molecule has 0 aliphatic heterocycles. The number of nitrogens with zero attached hydrogens (tertiary/aromatic N) is 2. The van der Waals surface area contributed by atoms with E-state index in [1.807, 2.05) is 0 Å². The third kappa shape index (κ3) is 1.79. The van der Waals surface area contributed by atoms with Gasteiger partial charge in [-0.05, 0) is 6.92 Å². The van der Waals surface area contributed by atoms with E-state index in [1.165, 1.54) is 0 Å². The number of aromatic nitrogens is 3. The van der Waals surface area contributed by atoms with Gasteiger partial charge in [0.25, 0.3) is 0 Å². The lowest BCUT2D eigenvalue weighted by molar-refractivity contribution is 0.0512. The van der Waals surface area contributed by atoms with Gasteiger partial charge < -0.3 is 14.8 Å². The number of hydrogen-bond acceptors (Lipinski definition) is 5. The van der Waals surface area contributed by atoms with Crippen molar-refractivity contribution in [3.63, 3.8) is 0 Å². The predicted octanol–water partition coefficient (Wildman–Crippen LogP) is -0.526. The Morgan fingerprint density at radius 3 is 2.92 bits per heavy atom. The number of aliphatic hydroxyl groups excluding tert-OH is 1. The number of hydrogen-bond donors (Lipinski definition) is 2. The van der Waals surface area contributed by atoms with Crippen molar-refractivity contribution in [2.45, 2.75) is 13.5 Å². The zero-order valence-electron chi connectivity index (χ0n) is 6.57. The number of H-pyrrole nitrogens is 1. The number of ether oxygens (including phenoxy) is 1. The lowest BCUT2D eigenvalue weighted by Gasteiger charge is -1.94. The molecule has 6 nitrogen and oxygen atoms in total. The summed E-state index contributed by atoms with van der Waals surface area (Å²) in [6.07, 6.45) is 0. The third-order valence-corrected chi connectivity index (χ3v) is 1.15. The minimum Gasteiger partial charge on any atom is -0.460 e. The molecule has 0 fully saturated rings. The molecule has 0 atom stereocenters. The van der Waals surface area contributed by atoms with Crippen molar-refractivity contribution in [2.75, 3.05) is 6.61 Å². The van der Waals surface area contributed by atoms with Gasteiger partial charge in [-0.2, -0.15) is 0 Å². The van der Waals surface area contributed by atoms with Crippen molar-refractivity contribution in [3.8, 4) is 0 Å². The van der Waals surface area contributed by atoms with E-state index in [2.05, 4.69) is 19.9 Å². The lowest BCUT2D eigenvalue weighted by Crippen LogP contribution is -2.06. The van der Waals surface area contributed by atoms with Crippen LogP contribution in [0.25, 0.3) is 0 Å². The molecule has 0 saturated carbocycles. The van der Waals surface area contributed by atoms with Crippen molar-refractivity contribution in [1.82, 2.24) is 15.2 Å². The van der Waals surface area contributed by atoms with Gasteiger partial charge in [0.15, 0.2) is 5.82 Å². The van der Waals surface area contributed by atoms with Gasteiger partial charge in [-0.15, -0.1) is 10.2 Å². The average Bonchev–Trinajstić information content (AvgIpc) is 2.52. The molecule has 0 amide bonds. The molecule has 0 bridgehead atoms. The highest BCUT2D eigenvalue weighted by molar-refractivity contribution is 5.84. The first-order valence-electron chi connectivity index (χ1n) is 3.47. The number of nitrogens with one attached hydrogen (secondary N) is 1. The van der Waals surface area contributed by atoms with E-state index in [1.54, 1.807) is 6.92 Å². The van der Waals surface area contributed by atoms with Gasteiger partial charge in [0.1, 0.15) is 6.61 Å². The molecule has 0 aliphatic carbocycles. The average molecular weight is 171 g/mol. The molecule has 0 unspecified atom stereocenters. The normalized spacial score (nSPS) is 9.83. The molecule has 1 heterocycles. The quantitative estimate of drug-likeness (QED) is 0.597. The zero-order valence-corrected chi connectivity index (χ0v) is 6.57. The maximum absolute atomic E-state index is 10.9. The summed E-state index contributed by atoms with van der Waals surface area (Å²) in [6.45, 7) is 1.71. The van der Waals surface area contributed by atoms with Crippen LogP contribution >= 0.6 is 0 Å². The smallest absolute Gasteiger partial charge is 0.376 e. The number of carbonyl (C=O) groups is 1. The summed E-state index contributed by atoms with van der Waals surface area (Å²) in [5.74, 6) is -0.302. The fourth-order valence-corrected chi connectivity index (χ4v) is 0.659. The molecule has 66 valence electrons. The maximum Gasteiger partial charge on any atom is 0.376 e. The van der Waals surface area contributed by atoms with Crippen molar-refractivity contribution in [2.24, 2.45) is 0 Å². The number of aliphatic hydroxyl groups is 1. The van der Waals surface area contributed by atoms with Gasteiger partial charge in [0, 0.05) is 0 Å². The van der Waals surface area contributed by atoms with E-state index in [0.29, 0.717) is 0 Å². The summed E-state index contributed by atoms with van der Waals surface area (Å²) in [7, 11) is 0. The van der Waals surface area contributed by atoms with Crippen LogP contribution in [0.2, 0.25) is 0 Å². The largest absolute Gasteiger partial charge is 0.460 e. The summed E-state index contributed by atoms with van der Waals surface area (Å²) < 4.78 is 4.63. The molecule has 0 saturated heterocycles. The Labute approximate surface area is 68.6 Å².